The van der Waals surface area contributed by atoms with Crippen molar-refractivity contribution in [3.8, 4) is 34.0 Å². The summed E-state index contributed by atoms with van der Waals surface area (Å²) in [4.78, 5) is 13.8. The number of alkyl halides is 3. The molecule has 2 heterocycles. The summed E-state index contributed by atoms with van der Waals surface area (Å²) in [5.74, 6) is -1.54. The lowest BCUT2D eigenvalue weighted by Gasteiger charge is -2.11. The Morgan fingerprint density at radius 2 is 1.70 bits per heavy atom. The summed E-state index contributed by atoms with van der Waals surface area (Å²) < 4.78 is 40.2. The topological polar surface area (TPSA) is 101 Å². The molecule has 1 aromatic carbocycles. The number of nitrogens with zero attached hydrogens (tertiary/aromatic N) is 3. The van der Waals surface area contributed by atoms with Gasteiger partial charge in [0.25, 0.3) is 0 Å². The molecule has 0 aliphatic carbocycles. The van der Waals surface area contributed by atoms with E-state index in [0.717, 1.165) is 18.2 Å². The monoisotopic (exact) mass is 379 g/mol. The van der Waals surface area contributed by atoms with Gasteiger partial charge in [-0.1, -0.05) is 0 Å². The normalized spacial score (nSPS) is 11.6. The summed E-state index contributed by atoms with van der Waals surface area (Å²) >= 11 is 0. The molecule has 10 heteroatoms. The van der Waals surface area contributed by atoms with Crippen LogP contribution in [0.15, 0.2) is 42.7 Å². The number of hydrogen-bond donors (Lipinski definition) is 2. The van der Waals surface area contributed by atoms with Gasteiger partial charge in [-0.3, -0.25) is 15.1 Å². The van der Waals surface area contributed by atoms with E-state index in [4.69, 9.17) is 0 Å². The van der Waals surface area contributed by atoms with E-state index in [-0.39, 0.29) is 11.1 Å². The second-order valence-electron chi connectivity index (χ2n) is 5.74. The molecule has 0 saturated heterocycles. The highest BCUT2D eigenvalue weighted by Crippen LogP contribution is 2.40. The molecule has 27 heavy (non-hydrogen) atoms. The molecule has 0 unspecified atom stereocenters. The van der Waals surface area contributed by atoms with Crippen LogP contribution in [0.2, 0.25) is 0 Å². The highest BCUT2D eigenvalue weighted by Gasteiger charge is 2.31. The zero-order chi connectivity index (χ0) is 19.9. The molecule has 0 saturated carbocycles. The van der Waals surface area contributed by atoms with E-state index in [1.54, 1.807) is 7.05 Å². The summed E-state index contributed by atoms with van der Waals surface area (Å²) in [5.41, 5.74) is -0.393. The largest absolute Gasteiger partial charge is 0.504 e. The van der Waals surface area contributed by atoms with E-state index in [9.17, 15) is 33.5 Å². The lowest BCUT2D eigenvalue weighted by atomic mass is 10.1. The minimum atomic E-state index is -4.54. The number of phenolic OH excluding ortho intramolecular Hbond substituents is 2. The first-order chi connectivity index (χ1) is 12.6. The van der Waals surface area contributed by atoms with Gasteiger partial charge in [0, 0.05) is 48.0 Å². The summed E-state index contributed by atoms with van der Waals surface area (Å²) in [6.45, 7) is 0. The maximum Gasteiger partial charge on any atom is 0.417 e. The number of nitro benzene ring substituents is 1. The number of nitro groups is 1. The van der Waals surface area contributed by atoms with Gasteiger partial charge in [-0.15, -0.1) is 0 Å². The molecule has 3 aromatic rings. The van der Waals surface area contributed by atoms with Crippen molar-refractivity contribution < 1.29 is 28.3 Å². The third kappa shape index (κ3) is 3.28. The van der Waals surface area contributed by atoms with Crippen LogP contribution in [-0.4, -0.2) is 24.7 Å². The third-order valence-electron chi connectivity index (χ3n) is 4.05. The summed E-state index contributed by atoms with van der Waals surface area (Å²) in [6.07, 6.45) is -2.56. The van der Waals surface area contributed by atoms with Gasteiger partial charge in [-0.05, 0) is 24.3 Å². The highest BCUT2D eigenvalue weighted by molar-refractivity contribution is 5.74. The predicted octanol–water partition coefficient (Wildman–Crippen LogP) is 4.09. The molecule has 140 valence electrons. The van der Waals surface area contributed by atoms with Crippen LogP contribution >= 0.6 is 0 Å². The number of halogens is 3. The first-order valence-corrected chi connectivity index (χ1v) is 7.48. The maximum absolute atomic E-state index is 12.9. The predicted molar refractivity (Wildman–Crippen MR) is 89.1 cm³/mol. The van der Waals surface area contributed by atoms with Gasteiger partial charge in [0.05, 0.1) is 10.5 Å². The zero-order valence-corrected chi connectivity index (χ0v) is 13.7. The lowest BCUT2D eigenvalue weighted by molar-refractivity contribution is -0.385. The van der Waals surface area contributed by atoms with Gasteiger partial charge < -0.3 is 14.8 Å². The van der Waals surface area contributed by atoms with Crippen molar-refractivity contribution >= 4 is 5.69 Å². The number of aromatic nitrogens is 2. The van der Waals surface area contributed by atoms with Crippen molar-refractivity contribution in [2.24, 2.45) is 7.05 Å². The zero-order valence-electron chi connectivity index (χ0n) is 13.7. The molecule has 0 amide bonds. The standard InChI is InChI=1S/C17H12F3N3O4/c1-22-12(9-5-14(23(26)27)16(25)15(24)6-9)2-3-13(22)10-4-11(8-21-7-10)17(18,19)20/h2-8,24-25H,1H3. The van der Waals surface area contributed by atoms with Gasteiger partial charge in [-0.2, -0.15) is 13.2 Å². The van der Waals surface area contributed by atoms with Crippen LogP contribution in [0.1, 0.15) is 5.56 Å². The van der Waals surface area contributed by atoms with Crippen LogP contribution in [-0.2, 0) is 13.2 Å². The Morgan fingerprint density at radius 1 is 1.07 bits per heavy atom. The fraction of sp³-hybridized carbons (Fsp3) is 0.118. The number of hydrogen-bond acceptors (Lipinski definition) is 5. The Bertz CT molecular complexity index is 1040. The van der Waals surface area contributed by atoms with Crippen molar-refractivity contribution in [1.82, 2.24) is 9.55 Å². The molecule has 2 aromatic heterocycles. The van der Waals surface area contributed by atoms with Gasteiger partial charge in [0.2, 0.25) is 5.75 Å². The first kappa shape index (κ1) is 18.2. The van der Waals surface area contributed by atoms with Gasteiger partial charge in [0.1, 0.15) is 0 Å². The lowest BCUT2D eigenvalue weighted by Crippen LogP contribution is -2.06. The van der Waals surface area contributed by atoms with Crippen LogP contribution in [0, 0.1) is 10.1 Å². The van der Waals surface area contributed by atoms with Crippen LogP contribution < -0.4 is 0 Å². The second-order valence-corrected chi connectivity index (χ2v) is 5.74. The Labute approximate surface area is 150 Å². The summed E-state index contributed by atoms with van der Waals surface area (Å²) in [7, 11) is 1.56. The van der Waals surface area contributed by atoms with E-state index in [0.29, 0.717) is 17.6 Å². The van der Waals surface area contributed by atoms with Crippen LogP contribution in [0.5, 0.6) is 11.5 Å². The van der Waals surface area contributed by atoms with Crippen molar-refractivity contribution in [2.75, 3.05) is 0 Å². The summed E-state index contributed by atoms with van der Waals surface area (Å²) in [6, 6.07) is 6.21. The number of phenols is 2. The Morgan fingerprint density at radius 3 is 2.30 bits per heavy atom. The fourth-order valence-electron chi connectivity index (χ4n) is 2.72. The molecule has 3 rings (SSSR count). The van der Waals surface area contributed by atoms with Crippen molar-refractivity contribution in [1.29, 1.82) is 0 Å². The van der Waals surface area contributed by atoms with Crippen molar-refractivity contribution in [2.45, 2.75) is 6.18 Å². The van der Waals surface area contributed by atoms with Crippen molar-refractivity contribution in [3.63, 3.8) is 0 Å². The Balaban J connectivity index is 2.11. The van der Waals surface area contributed by atoms with E-state index < -0.39 is 33.8 Å². The van der Waals surface area contributed by atoms with Crippen LogP contribution in [0.4, 0.5) is 18.9 Å². The smallest absolute Gasteiger partial charge is 0.417 e. The number of aromatic hydroxyl groups is 2. The first-order valence-electron chi connectivity index (χ1n) is 7.48. The minimum Gasteiger partial charge on any atom is -0.504 e. The average molecular weight is 379 g/mol. The van der Waals surface area contributed by atoms with E-state index in [2.05, 4.69) is 4.98 Å². The molecule has 7 nitrogen and oxygen atoms in total. The molecule has 0 radical (unpaired) electrons. The number of rotatable bonds is 3. The van der Waals surface area contributed by atoms with E-state index >= 15 is 0 Å². The molecule has 0 spiro atoms. The molecule has 0 bridgehead atoms. The highest BCUT2D eigenvalue weighted by atomic mass is 19.4. The molecule has 0 fully saturated rings. The average Bonchev–Trinajstić information content (AvgIpc) is 2.98. The quantitative estimate of drug-likeness (QED) is 0.405. The van der Waals surface area contributed by atoms with E-state index in [1.807, 2.05) is 0 Å². The summed E-state index contributed by atoms with van der Waals surface area (Å²) in [5, 5.41) is 30.3. The molecular formula is C17H12F3N3O4. The number of pyridine rings is 1. The molecule has 0 atom stereocenters. The van der Waals surface area contributed by atoms with Crippen molar-refractivity contribution in [3.05, 3.63) is 58.4 Å². The Kier molecular flexibility index (Phi) is 4.26. The van der Waals surface area contributed by atoms with Gasteiger partial charge in [-0.25, -0.2) is 0 Å². The Hall–Kier alpha value is -3.56. The van der Waals surface area contributed by atoms with Gasteiger partial charge in [0.15, 0.2) is 5.75 Å². The maximum atomic E-state index is 12.9. The fourth-order valence-corrected chi connectivity index (χ4v) is 2.72. The second kappa shape index (κ2) is 6.31. The number of benzene rings is 1. The van der Waals surface area contributed by atoms with Crippen LogP contribution in [0.3, 0.4) is 0 Å². The molecule has 2 N–H and O–H groups in total. The third-order valence-corrected chi connectivity index (χ3v) is 4.05. The van der Waals surface area contributed by atoms with Gasteiger partial charge >= 0.3 is 11.9 Å². The SMILES string of the molecule is Cn1c(-c2cncc(C(F)(F)F)c2)ccc1-c1cc(O)c(O)c([N+](=O)[O-])c1. The molecule has 0 aliphatic rings. The molecular weight excluding hydrogens is 367 g/mol. The minimum absolute atomic E-state index is 0.205. The van der Waals surface area contributed by atoms with Crippen LogP contribution in [0.25, 0.3) is 22.5 Å². The molecule has 0 aliphatic heterocycles. The van der Waals surface area contributed by atoms with E-state index in [1.165, 1.54) is 22.9 Å².